The molecule has 1 unspecified atom stereocenters. The maximum absolute atomic E-state index is 12.3. The number of carbonyl (C=O) groups excluding carboxylic acids is 1. The van der Waals surface area contributed by atoms with Gasteiger partial charge in [-0.15, -0.1) is 0 Å². The molecule has 3 nitrogen and oxygen atoms in total. The second kappa shape index (κ2) is 5.41. The van der Waals surface area contributed by atoms with E-state index in [4.69, 9.17) is 5.73 Å². The van der Waals surface area contributed by atoms with Crippen molar-refractivity contribution in [3.63, 3.8) is 0 Å². The second-order valence-corrected chi connectivity index (χ2v) is 6.22. The van der Waals surface area contributed by atoms with Crippen molar-refractivity contribution in [3.05, 3.63) is 0 Å². The van der Waals surface area contributed by atoms with E-state index in [1.165, 1.54) is 0 Å². The number of rotatable bonds is 1. The van der Waals surface area contributed by atoms with Crippen LogP contribution in [0.3, 0.4) is 0 Å². The largest absolute Gasteiger partial charge is 0.338 e. The van der Waals surface area contributed by atoms with E-state index in [-0.39, 0.29) is 5.92 Å². The van der Waals surface area contributed by atoms with Gasteiger partial charge in [0.2, 0.25) is 5.91 Å². The molecule has 0 aromatic rings. The van der Waals surface area contributed by atoms with Crippen LogP contribution in [0.1, 0.15) is 32.6 Å². The minimum atomic E-state index is 0.255. The standard InChI is InChI=1S/C12H22N2OS/c1-9-8-16-7-6-14(9)12(15)10-2-4-11(13)5-3-10/h9-11H,2-8,13H2,1H3. The molecule has 0 bridgehead atoms. The number of hydrogen-bond donors (Lipinski definition) is 1. The van der Waals surface area contributed by atoms with E-state index in [2.05, 4.69) is 11.8 Å². The lowest BCUT2D eigenvalue weighted by Gasteiger charge is -2.37. The molecule has 1 aliphatic carbocycles. The first kappa shape index (κ1) is 12.2. The van der Waals surface area contributed by atoms with E-state index in [0.29, 0.717) is 18.0 Å². The van der Waals surface area contributed by atoms with Crippen molar-refractivity contribution in [3.8, 4) is 0 Å². The Morgan fingerprint density at radius 3 is 2.62 bits per heavy atom. The molecule has 1 saturated carbocycles. The highest BCUT2D eigenvalue weighted by molar-refractivity contribution is 7.99. The first-order chi connectivity index (χ1) is 7.68. The quantitative estimate of drug-likeness (QED) is 0.757. The van der Waals surface area contributed by atoms with Crippen molar-refractivity contribution in [2.24, 2.45) is 11.7 Å². The van der Waals surface area contributed by atoms with E-state index in [1.807, 2.05) is 11.8 Å². The van der Waals surface area contributed by atoms with E-state index in [1.54, 1.807) is 0 Å². The number of amides is 1. The average Bonchev–Trinajstić information content (AvgIpc) is 2.30. The molecule has 1 amide bonds. The highest BCUT2D eigenvalue weighted by Gasteiger charge is 2.31. The fourth-order valence-electron chi connectivity index (χ4n) is 2.66. The SMILES string of the molecule is CC1CSCCN1C(=O)C1CCC(N)CC1. The van der Waals surface area contributed by atoms with E-state index < -0.39 is 0 Å². The molecule has 0 aromatic heterocycles. The molecule has 4 heteroatoms. The number of carbonyl (C=O) groups is 1. The van der Waals surface area contributed by atoms with Crippen LogP contribution in [0.5, 0.6) is 0 Å². The van der Waals surface area contributed by atoms with Crippen LogP contribution < -0.4 is 5.73 Å². The van der Waals surface area contributed by atoms with E-state index in [9.17, 15) is 4.79 Å². The van der Waals surface area contributed by atoms with Gasteiger partial charge in [0.1, 0.15) is 0 Å². The Bertz CT molecular complexity index is 251. The van der Waals surface area contributed by atoms with Crippen LogP contribution in [0.25, 0.3) is 0 Å². The molecule has 92 valence electrons. The zero-order chi connectivity index (χ0) is 11.5. The first-order valence-corrected chi connectivity index (χ1v) is 7.47. The predicted octanol–water partition coefficient (Wildman–Crippen LogP) is 1.47. The van der Waals surface area contributed by atoms with Gasteiger partial charge < -0.3 is 10.6 Å². The minimum absolute atomic E-state index is 0.255. The van der Waals surface area contributed by atoms with Gasteiger partial charge >= 0.3 is 0 Å². The number of thioether (sulfide) groups is 1. The second-order valence-electron chi connectivity index (χ2n) is 5.07. The third-order valence-electron chi connectivity index (χ3n) is 3.77. The lowest BCUT2D eigenvalue weighted by Crippen LogP contribution is -2.48. The van der Waals surface area contributed by atoms with Crippen molar-refractivity contribution >= 4 is 17.7 Å². The Morgan fingerprint density at radius 1 is 1.31 bits per heavy atom. The zero-order valence-corrected chi connectivity index (χ0v) is 10.8. The summed E-state index contributed by atoms with van der Waals surface area (Å²) < 4.78 is 0. The van der Waals surface area contributed by atoms with Gasteiger partial charge in [-0.2, -0.15) is 11.8 Å². The fraction of sp³-hybridized carbons (Fsp3) is 0.917. The lowest BCUT2D eigenvalue weighted by molar-refractivity contribution is -0.138. The zero-order valence-electron chi connectivity index (χ0n) is 10.0. The van der Waals surface area contributed by atoms with E-state index in [0.717, 1.165) is 43.7 Å². The van der Waals surface area contributed by atoms with Gasteiger partial charge in [-0.1, -0.05) is 0 Å². The van der Waals surface area contributed by atoms with Crippen molar-refractivity contribution < 1.29 is 4.79 Å². The third kappa shape index (κ3) is 2.72. The van der Waals surface area contributed by atoms with Crippen molar-refractivity contribution in [2.75, 3.05) is 18.1 Å². The number of nitrogens with zero attached hydrogens (tertiary/aromatic N) is 1. The number of hydrogen-bond acceptors (Lipinski definition) is 3. The van der Waals surface area contributed by atoms with Crippen molar-refractivity contribution in [1.29, 1.82) is 0 Å². The maximum Gasteiger partial charge on any atom is 0.225 e. The van der Waals surface area contributed by atoms with Crippen molar-refractivity contribution in [1.82, 2.24) is 4.90 Å². The molecular weight excluding hydrogens is 220 g/mol. The molecule has 2 N–H and O–H groups in total. The van der Waals surface area contributed by atoms with Gasteiger partial charge in [0.15, 0.2) is 0 Å². The Morgan fingerprint density at radius 2 is 2.00 bits per heavy atom. The smallest absolute Gasteiger partial charge is 0.225 e. The summed E-state index contributed by atoms with van der Waals surface area (Å²) in [6, 6.07) is 0.750. The molecule has 2 fully saturated rings. The van der Waals surface area contributed by atoms with Gasteiger partial charge in [0, 0.05) is 36.1 Å². The third-order valence-corrected chi connectivity index (χ3v) is 4.96. The Balaban J connectivity index is 1.90. The van der Waals surface area contributed by atoms with Crippen LogP contribution in [-0.2, 0) is 4.79 Å². The highest BCUT2D eigenvalue weighted by atomic mass is 32.2. The van der Waals surface area contributed by atoms with Crippen LogP contribution in [0.4, 0.5) is 0 Å². The summed E-state index contributed by atoms with van der Waals surface area (Å²) in [6.07, 6.45) is 4.04. The summed E-state index contributed by atoms with van der Waals surface area (Å²) in [5.74, 6) is 2.84. The Labute approximate surface area is 102 Å². The monoisotopic (exact) mass is 242 g/mol. The molecule has 1 atom stereocenters. The highest BCUT2D eigenvalue weighted by Crippen LogP contribution is 2.27. The van der Waals surface area contributed by atoms with Crippen LogP contribution in [0, 0.1) is 5.92 Å². The average molecular weight is 242 g/mol. The molecule has 0 aromatic carbocycles. The van der Waals surface area contributed by atoms with Crippen molar-refractivity contribution in [2.45, 2.75) is 44.7 Å². The van der Waals surface area contributed by atoms with Crippen LogP contribution in [-0.4, -0.2) is 40.9 Å². The van der Waals surface area contributed by atoms with Gasteiger partial charge in [0.25, 0.3) is 0 Å². The van der Waals surface area contributed by atoms with Gasteiger partial charge in [-0.05, 0) is 32.6 Å². The predicted molar refractivity (Wildman–Crippen MR) is 68.4 cm³/mol. The summed E-state index contributed by atoms with van der Waals surface area (Å²) in [5, 5.41) is 0. The Kier molecular flexibility index (Phi) is 4.14. The summed E-state index contributed by atoms with van der Waals surface area (Å²) in [7, 11) is 0. The maximum atomic E-state index is 12.3. The molecule has 1 heterocycles. The summed E-state index contributed by atoms with van der Waals surface area (Å²) in [6.45, 7) is 3.10. The molecule has 1 saturated heterocycles. The van der Waals surface area contributed by atoms with Gasteiger partial charge in [0.05, 0.1) is 0 Å². The molecule has 1 aliphatic heterocycles. The van der Waals surface area contributed by atoms with Crippen LogP contribution in [0.2, 0.25) is 0 Å². The van der Waals surface area contributed by atoms with Crippen LogP contribution >= 0.6 is 11.8 Å². The molecule has 16 heavy (non-hydrogen) atoms. The van der Waals surface area contributed by atoms with E-state index >= 15 is 0 Å². The normalized spacial score (nSPS) is 36.1. The molecule has 2 rings (SSSR count). The first-order valence-electron chi connectivity index (χ1n) is 6.32. The fourth-order valence-corrected chi connectivity index (χ4v) is 3.67. The molecule has 0 spiro atoms. The summed E-state index contributed by atoms with van der Waals surface area (Å²) in [5.41, 5.74) is 5.87. The molecule has 2 aliphatic rings. The summed E-state index contributed by atoms with van der Waals surface area (Å²) in [4.78, 5) is 14.4. The minimum Gasteiger partial charge on any atom is -0.338 e. The molecule has 0 radical (unpaired) electrons. The number of nitrogens with two attached hydrogens (primary N) is 1. The van der Waals surface area contributed by atoms with Crippen LogP contribution in [0.15, 0.2) is 0 Å². The topological polar surface area (TPSA) is 46.3 Å². The Hall–Kier alpha value is -0.220. The lowest BCUT2D eigenvalue weighted by atomic mass is 9.85. The van der Waals surface area contributed by atoms with Gasteiger partial charge in [-0.3, -0.25) is 4.79 Å². The summed E-state index contributed by atoms with van der Waals surface area (Å²) >= 11 is 1.96. The molecular formula is C12H22N2OS. The van der Waals surface area contributed by atoms with Gasteiger partial charge in [-0.25, -0.2) is 0 Å².